The molecule has 0 unspecified atom stereocenters. The second-order valence-corrected chi connectivity index (χ2v) is 4.36. The van der Waals surface area contributed by atoms with E-state index in [0.29, 0.717) is 6.54 Å². The van der Waals surface area contributed by atoms with Crippen molar-refractivity contribution in [1.82, 2.24) is 20.3 Å². The van der Waals surface area contributed by atoms with E-state index in [1.165, 1.54) is 5.69 Å². The van der Waals surface area contributed by atoms with E-state index in [9.17, 15) is 0 Å². The first kappa shape index (κ1) is 11.1. The Hall–Kier alpha value is -2.06. The van der Waals surface area contributed by atoms with Gasteiger partial charge in [-0.15, -0.1) is 11.5 Å². The van der Waals surface area contributed by atoms with Crippen LogP contribution in [-0.2, 0) is 6.54 Å². The monoisotopic (exact) mass is 241 g/mol. The van der Waals surface area contributed by atoms with Crippen LogP contribution in [0, 0.1) is 12.3 Å². The lowest BCUT2D eigenvalue weighted by Gasteiger charge is -2.29. The Morgan fingerprint density at radius 3 is 2.94 bits per heavy atom. The Bertz CT molecular complexity index is 589. The van der Waals surface area contributed by atoms with Crippen LogP contribution in [0.1, 0.15) is 0 Å². The smallest absolute Gasteiger partial charge is 0.115 e. The average molecular weight is 241 g/mol. The van der Waals surface area contributed by atoms with E-state index in [1.54, 1.807) is 4.68 Å². The number of terminal acetylenes is 1. The van der Waals surface area contributed by atoms with Gasteiger partial charge >= 0.3 is 0 Å². The van der Waals surface area contributed by atoms with E-state index < -0.39 is 0 Å². The zero-order chi connectivity index (χ0) is 12.4. The van der Waals surface area contributed by atoms with E-state index in [4.69, 9.17) is 6.42 Å². The Labute approximate surface area is 106 Å². The van der Waals surface area contributed by atoms with Crippen molar-refractivity contribution >= 4 is 16.7 Å². The molecule has 3 rings (SSSR count). The molecule has 1 saturated heterocycles. The van der Waals surface area contributed by atoms with Gasteiger partial charge in [-0.2, -0.15) is 0 Å². The predicted octanol–water partition coefficient (Wildman–Crippen LogP) is 0.474. The maximum atomic E-state index is 5.30. The lowest BCUT2D eigenvalue weighted by atomic mass is 10.2. The molecule has 0 aliphatic carbocycles. The molecule has 1 aliphatic rings. The van der Waals surface area contributed by atoms with Crippen molar-refractivity contribution in [3.63, 3.8) is 0 Å². The zero-order valence-corrected chi connectivity index (χ0v) is 10.1. The summed E-state index contributed by atoms with van der Waals surface area (Å²) < 4.78 is 1.75. The van der Waals surface area contributed by atoms with Crippen LogP contribution in [0.5, 0.6) is 0 Å². The first-order valence-corrected chi connectivity index (χ1v) is 6.11. The summed E-state index contributed by atoms with van der Waals surface area (Å²) in [5.74, 6) is 2.58. The van der Waals surface area contributed by atoms with E-state index in [1.807, 2.05) is 6.07 Å². The Kier molecular flexibility index (Phi) is 2.87. The summed E-state index contributed by atoms with van der Waals surface area (Å²) in [6.45, 7) is 4.58. The van der Waals surface area contributed by atoms with Crippen LogP contribution in [0.4, 0.5) is 5.69 Å². The van der Waals surface area contributed by atoms with Gasteiger partial charge in [-0.05, 0) is 18.2 Å². The highest BCUT2D eigenvalue weighted by Crippen LogP contribution is 2.20. The van der Waals surface area contributed by atoms with Crippen LogP contribution in [0.15, 0.2) is 18.2 Å². The van der Waals surface area contributed by atoms with Crippen molar-refractivity contribution in [3.05, 3.63) is 18.2 Å². The minimum Gasteiger partial charge on any atom is -0.369 e. The normalized spacial score (nSPS) is 15.8. The number of benzene rings is 1. The summed E-state index contributed by atoms with van der Waals surface area (Å²) >= 11 is 0. The molecule has 1 N–H and O–H groups in total. The van der Waals surface area contributed by atoms with Gasteiger partial charge in [0.15, 0.2) is 0 Å². The molecule has 92 valence electrons. The quantitative estimate of drug-likeness (QED) is 0.777. The molecule has 0 bridgehead atoms. The summed E-state index contributed by atoms with van der Waals surface area (Å²) in [7, 11) is 0. The Morgan fingerprint density at radius 1 is 1.33 bits per heavy atom. The third kappa shape index (κ3) is 1.91. The van der Waals surface area contributed by atoms with Gasteiger partial charge in [0.05, 0.1) is 5.52 Å². The van der Waals surface area contributed by atoms with Gasteiger partial charge in [0.25, 0.3) is 0 Å². The molecular weight excluding hydrogens is 226 g/mol. The highest BCUT2D eigenvalue weighted by atomic mass is 15.4. The van der Waals surface area contributed by atoms with E-state index >= 15 is 0 Å². The number of hydrogen-bond acceptors (Lipinski definition) is 4. The summed E-state index contributed by atoms with van der Waals surface area (Å²) in [4.78, 5) is 2.36. The zero-order valence-electron chi connectivity index (χ0n) is 10.1. The van der Waals surface area contributed by atoms with Gasteiger partial charge in [-0.25, -0.2) is 4.68 Å². The molecule has 0 saturated carbocycles. The fourth-order valence-electron chi connectivity index (χ4n) is 2.28. The molecule has 18 heavy (non-hydrogen) atoms. The van der Waals surface area contributed by atoms with Gasteiger partial charge in [0.1, 0.15) is 12.1 Å². The number of anilines is 1. The molecule has 1 fully saturated rings. The van der Waals surface area contributed by atoms with E-state index in [2.05, 4.69) is 38.6 Å². The first-order chi connectivity index (χ1) is 8.88. The molecule has 0 amide bonds. The molecule has 5 heteroatoms. The van der Waals surface area contributed by atoms with Crippen LogP contribution in [0.3, 0.4) is 0 Å². The van der Waals surface area contributed by atoms with Gasteiger partial charge < -0.3 is 10.2 Å². The summed E-state index contributed by atoms with van der Waals surface area (Å²) in [6, 6.07) is 6.24. The summed E-state index contributed by atoms with van der Waals surface area (Å²) in [5, 5.41) is 11.6. The Balaban J connectivity index is 1.94. The molecular formula is C13H15N5. The molecule has 0 spiro atoms. The van der Waals surface area contributed by atoms with Crippen molar-refractivity contribution in [2.45, 2.75) is 6.54 Å². The third-order valence-corrected chi connectivity index (χ3v) is 3.22. The van der Waals surface area contributed by atoms with Crippen LogP contribution >= 0.6 is 0 Å². The van der Waals surface area contributed by atoms with Crippen LogP contribution in [0.25, 0.3) is 11.0 Å². The lowest BCUT2D eigenvalue weighted by Crippen LogP contribution is -2.43. The third-order valence-electron chi connectivity index (χ3n) is 3.22. The highest BCUT2D eigenvalue weighted by molar-refractivity contribution is 5.79. The van der Waals surface area contributed by atoms with Gasteiger partial charge in [0.2, 0.25) is 0 Å². The first-order valence-electron chi connectivity index (χ1n) is 6.11. The largest absolute Gasteiger partial charge is 0.369 e. The standard InChI is InChI=1S/C13H15N5/c1-2-7-18-13-4-3-11(10-12(13)15-16-18)17-8-5-14-6-9-17/h1,3-4,10,14H,5-9H2. The fraction of sp³-hybridized carbons (Fsp3) is 0.385. The predicted molar refractivity (Wildman–Crippen MR) is 71.4 cm³/mol. The lowest BCUT2D eigenvalue weighted by molar-refractivity contribution is 0.589. The number of piperazine rings is 1. The van der Waals surface area contributed by atoms with Gasteiger partial charge in [-0.3, -0.25) is 0 Å². The second-order valence-electron chi connectivity index (χ2n) is 4.36. The van der Waals surface area contributed by atoms with Gasteiger partial charge in [-0.1, -0.05) is 11.1 Å². The van der Waals surface area contributed by atoms with Crippen molar-refractivity contribution in [1.29, 1.82) is 0 Å². The maximum absolute atomic E-state index is 5.30. The minimum absolute atomic E-state index is 0.462. The molecule has 1 aromatic heterocycles. The second kappa shape index (κ2) is 4.67. The minimum atomic E-state index is 0.462. The number of nitrogens with zero attached hydrogens (tertiary/aromatic N) is 4. The van der Waals surface area contributed by atoms with Crippen molar-refractivity contribution in [2.75, 3.05) is 31.1 Å². The summed E-state index contributed by atoms with van der Waals surface area (Å²) in [6.07, 6.45) is 5.30. The summed E-state index contributed by atoms with van der Waals surface area (Å²) in [5.41, 5.74) is 3.10. The van der Waals surface area contributed by atoms with Gasteiger partial charge in [0, 0.05) is 31.9 Å². The number of rotatable bonds is 2. The average Bonchev–Trinajstić information content (AvgIpc) is 2.83. The number of fused-ring (bicyclic) bond motifs is 1. The highest BCUT2D eigenvalue weighted by Gasteiger charge is 2.12. The van der Waals surface area contributed by atoms with E-state index in [0.717, 1.165) is 37.2 Å². The van der Waals surface area contributed by atoms with Crippen molar-refractivity contribution in [2.24, 2.45) is 0 Å². The van der Waals surface area contributed by atoms with Crippen LogP contribution < -0.4 is 10.2 Å². The number of nitrogens with one attached hydrogen (secondary N) is 1. The van der Waals surface area contributed by atoms with Crippen LogP contribution in [-0.4, -0.2) is 41.2 Å². The molecule has 0 atom stereocenters. The molecule has 1 aromatic carbocycles. The molecule has 5 nitrogen and oxygen atoms in total. The maximum Gasteiger partial charge on any atom is 0.115 e. The number of hydrogen-bond donors (Lipinski definition) is 1. The molecule has 2 aromatic rings. The topological polar surface area (TPSA) is 46.0 Å². The SMILES string of the molecule is C#CCn1nnc2cc(N3CCNCC3)ccc21. The van der Waals surface area contributed by atoms with Crippen molar-refractivity contribution < 1.29 is 0 Å². The van der Waals surface area contributed by atoms with Crippen molar-refractivity contribution in [3.8, 4) is 12.3 Å². The molecule has 0 radical (unpaired) electrons. The molecule has 1 aliphatic heterocycles. The Morgan fingerprint density at radius 2 is 2.17 bits per heavy atom. The number of aromatic nitrogens is 3. The van der Waals surface area contributed by atoms with Crippen LogP contribution in [0.2, 0.25) is 0 Å². The van der Waals surface area contributed by atoms with E-state index in [-0.39, 0.29) is 0 Å². The molecule has 2 heterocycles. The fourth-order valence-corrected chi connectivity index (χ4v) is 2.28.